The lowest BCUT2D eigenvalue weighted by atomic mass is 10.0. The second-order valence-electron chi connectivity index (χ2n) is 5.77. The molecule has 0 radical (unpaired) electrons. The molecule has 4 rings (SSSR count). The molecule has 1 N–H and O–H groups in total. The fraction of sp³-hybridized carbons (Fsp3) is 0.375. The summed E-state index contributed by atoms with van der Waals surface area (Å²) in [6, 6.07) is 3.53. The Labute approximate surface area is 137 Å². The van der Waals surface area contributed by atoms with Crippen LogP contribution in [0.5, 0.6) is 0 Å². The van der Waals surface area contributed by atoms with Crippen molar-refractivity contribution < 1.29 is 4.79 Å². The monoisotopic (exact) mass is 327 g/mol. The smallest absolute Gasteiger partial charge is 0.258 e. The van der Waals surface area contributed by atoms with Gasteiger partial charge >= 0.3 is 0 Å². The van der Waals surface area contributed by atoms with Crippen molar-refractivity contribution >= 4 is 28.0 Å². The molecular weight excluding hydrogens is 310 g/mol. The fourth-order valence-corrected chi connectivity index (χ4v) is 3.93. The molecule has 0 fully saturated rings. The molecule has 1 aliphatic rings. The van der Waals surface area contributed by atoms with Crippen molar-refractivity contribution in [2.45, 2.75) is 38.5 Å². The molecule has 0 unspecified atom stereocenters. The van der Waals surface area contributed by atoms with Crippen LogP contribution in [0.1, 0.15) is 46.6 Å². The highest BCUT2D eigenvalue weighted by Gasteiger charge is 2.15. The minimum Gasteiger partial charge on any atom is -0.298 e. The molecular formula is C16H17N5OS. The van der Waals surface area contributed by atoms with Gasteiger partial charge in [-0.25, -0.2) is 4.98 Å². The maximum Gasteiger partial charge on any atom is 0.258 e. The number of fused-ring (bicyclic) bond motifs is 2. The van der Waals surface area contributed by atoms with Gasteiger partial charge in [-0.15, -0.1) is 21.5 Å². The van der Waals surface area contributed by atoms with Gasteiger partial charge in [-0.05, 0) is 37.8 Å². The van der Waals surface area contributed by atoms with Gasteiger partial charge in [-0.3, -0.25) is 14.5 Å². The van der Waals surface area contributed by atoms with E-state index in [2.05, 4.69) is 20.5 Å². The van der Waals surface area contributed by atoms with Crippen molar-refractivity contribution in [3.05, 3.63) is 40.8 Å². The molecule has 23 heavy (non-hydrogen) atoms. The summed E-state index contributed by atoms with van der Waals surface area (Å²) in [6.07, 6.45) is 10.4. The molecule has 0 saturated carbocycles. The van der Waals surface area contributed by atoms with Gasteiger partial charge in [0.05, 0.1) is 11.3 Å². The third-order valence-electron chi connectivity index (χ3n) is 4.12. The Kier molecular flexibility index (Phi) is 3.78. The summed E-state index contributed by atoms with van der Waals surface area (Å²) in [7, 11) is 0. The van der Waals surface area contributed by atoms with Crippen molar-refractivity contribution in [3.8, 4) is 0 Å². The Morgan fingerprint density at radius 3 is 2.96 bits per heavy atom. The first-order valence-electron chi connectivity index (χ1n) is 7.89. The predicted molar refractivity (Wildman–Crippen MR) is 88.9 cm³/mol. The van der Waals surface area contributed by atoms with E-state index in [0.29, 0.717) is 10.7 Å². The summed E-state index contributed by atoms with van der Waals surface area (Å²) in [5, 5.41) is 11.4. The predicted octanol–water partition coefficient (Wildman–Crippen LogP) is 3.10. The number of pyridine rings is 1. The third-order valence-corrected chi connectivity index (χ3v) is 5.19. The molecule has 0 aromatic carbocycles. The van der Waals surface area contributed by atoms with Gasteiger partial charge in [0.1, 0.15) is 6.33 Å². The summed E-state index contributed by atoms with van der Waals surface area (Å²) >= 11 is 1.61. The lowest BCUT2D eigenvalue weighted by Gasteiger charge is -2.06. The number of nitrogens with zero attached hydrogens (tertiary/aromatic N) is 4. The van der Waals surface area contributed by atoms with E-state index in [9.17, 15) is 4.79 Å². The molecule has 0 spiro atoms. The SMILES string of the molecule is O=C(Nc1nc2c(s1)CCCCCC2)c1ccc2nncn2c1. The molecule has 0 atom stereocenters. The molecule has 3 aromatic heterocycles. The van der Waals surface area contributed by atoms with E-state index in [1.165, 1.54) is 36.3 Å². The second-order valence-corrected chi connectivity index (χ2v) is 6.86. The highest BCUT2D eigenvalue weighted by Crippen LogP contribution is 2.28. The molecule has 6 nitrogen and oxygen atoms in total. The van der Waals surface area contributed by atoms with Crippen molar-refractivity contribution in [3.63, 3.8) is 0 Å². The standard InChI is InChI=1S/C16H17N5OS/c22-15(11-7-8-14-20-17-10-21(14)9-11)19-16-18-12-5-3-1-2-4-6-13(12)23-16/h7-10H,1-6H2,(H,18,19,22). The van der Waals surface area contributed by atoms with Crippen LogP contribution in [0.2, 0.25) is 0 Å². The minimum absolute atomic E-state index is 0.151. The first-order chi connectivity index (χ1) is 11.3. The van der Waals surface area contributed by atoms with Crippen molar-refractivity contribution in [1.29, 1.82) is 0 Å². The number of amides is 1. The number of carbonyl (C=O) groups is 1. The Bertz CT molecular complexity index is 828. The number of nitrogens with one attached hydrogen (secondary N) is 1. The highest BCUT2D eigenvalue weighted by molar-refractivity contribution is 7.15. The largest absolute Gasteiger partial charge is 0.298 e. The molecule has 3 heterocycles. The van der Waals surface area contributed by atoms with Gasteiger partial charge in [0.15, 0.2) is 10.8 Å². The van der Waals surface area contributed by atoms with Crippen molar-refractivity contribution in [1.82, 2.24) is 19.6 Å². The Balaban J connectivity index is 1.54. The molecule has 3 aromatic rings. The van der Waals surface area contributed by atoms with Crippen LogP contribution < -0.4 is 5.32 Å². The highest BCUT2D eigenvalue weighted by atomic mass is 32.1. The summed E-state index contributed by atoms with van der Waals surface area (Å²) in [5.41, 5.74) is 2.46. The van der Waals surface area contributed by atoms with E-state index in [4.69, 9.17) is 0 Å². The molecule has 0 bridgehead atoms. The number of hydrogen-bond donors (Lipinski definition) is 1. The summed E-state index contributed by atoms with van der Waals surface area (Å²) < 4.78 is 1.73. The van der Waals surface area contributed by atoms with E-state index in [1.807, 2.05) is 0 Å². The van der Waals surface area contributed by atoms with Gasteiger partial charge in [-0.2, -0.15) is 0 Å². The molecule has 118 valence electrons. The van der Waals surface area contributed by atoms with Gasteiger partial charge in [0.2, 0.25) is 0 Å². The first kappa shape index (κ1) is 14.3. The number of rotatable bonds is 2. The van der Waals surface area contributed by atoms with Gasteiger partial charge in [0.25, 0.3) is 5.91 Å². The van der Waals surface area contributed by atoms with E-state index in [1.54, 1.807) is 40.4 Å². The van der Waals surface area contributed by atoms with Gasteiger partial charge in [-0.1, -0.05) is 12.8 Å². The maximum absolute atomic E-state index is 12.4. The quantitative estimate of drug-likeness (QED) is 0.785. The normalized spacial score (nSPS) is 15.0. The number of carbonyl (C=O) groups excluding carboxylic acids is 1. The van der Waals surface area contributed by atoms with E-state index < -0.39 is 0 Å². The first-order valence-corrected chi connectivity index (χ1v) is 8.70. The van der Waals surface area contributed by atoms with Gasteiger partial charge < -0.3 is 0 Å². The number of anilines is 1. The van der Waals surface area contributed by atoms with Crippen LogP contribution in [0.15, 0.2) is 24.7 Å². The summed E-state index contributed by atoms with van der Waals surface area (Å²) in [4.78, 5) is 18.4. The molecule has 1 amide bonds. The number of aryl methyl sites for hydroxylation is 2. The zero-order valence-electron chi connectivity index (χ0n) is 12.7. The van der Waals surface area contributed by atoms with E-state index >= 15 is 0 Å². The second kappa shape index (κ2) is 6.08. The Hall–Kier alpha value is -2.28. The summed E-state index contributed by atoms with van der Waals surface area (Å²) in [5.74, 6) is -0.151. The van der Waals surface area contributed by atoms with Crippen LogP contribution in [0.25, 0.3) is 5.65 Å². The molecule has 0 aliphatic heterocycles. The average Bonchev–Trinajstić information content (AvgIpc) is 3.13. The Morgan fingerprint density at radius 1 is 1.17 bits per heavy atom. The fourth-order valence-electron chi connectivity index (χ4n) is 2.89. The average molecular weight is 327 g/mol. The van der Waals surface area contributed by atoms with Crippen LogP contribution in [0, 0.1) is 0 Å². The molecule has 1 aliphatic carbocycles. The zero-order chi connectivity index (χ0) is 15.6. The third kappa shape index (κ3) is 2.96. The molecule has 0 saturated heterocycles. The number of thiazole rings is 1. The number of hydrogen-bond acceptors (Lipinski definition) is 5. The van der Waals surface area contributed by atoms with Crippen molar-refractivity contribution in [2.75, 3.05) is 5.32 Å². The van der Waals surface area contributed by atoms with Crippen molar-refractivity contribution in [2.24, 2.45) is 0 Å². The minimum atomic E-state index is -0.151. The number of aromatic nitrogens is 4. The zero-order valence-corrected chi connectivity index (χ0v) is 13.5. The van der Waals surface area contributed by atoms with Crippen LogP contribution in [-0.4, -0.2) is 25.5 Å². The van der Waals surface area contributed by atoms with Gasteiger partial charge in [0, 0.05) is 11.1 Å². The van der Waals surface area contributed by atoms with E-state index in [-0.39, 0.29) is 5.91 Å². The van der Waals surface area contributed by atoms with Crippen LogP contribution in [0.3, 0.4) is 0 Å². The van der Waals surface area contributed by atoms with Crippen LogP contribution in [-0.2, 0) is 12.8 Å². The lowest BCUT2D eigenvalue weighted by molar-refractivity contribution is 0.102. The topological polar surface area (TPSA) is 72.2 Å². The van der Waals surface area contributed by atoms with Crippen LogP contribution >= 0.6 is 11.3 Å². The van der Waals surface area contributed by atoms with E-state index in [0.717, 1.165) is 18.5 Å². The summed E-state index contributed by atoms with van der Waals surface area (Å²) in [6.45, 7) is 0. The van der Waals surface area contributed by atoms with Crippen LogP contribution in [0.4, 0.5) is 5.13 Å². The maximum atomic E-state index is 12.4. The Morgan fingerprint density at radius 2 is 2.04 bits per heavy atom. The molecule has 7 heteroatoms. The lowest BCUT2D eigenvalue weighted by Crippen LogP contribution is -2.12.